The third-order valence-corrected chi connectivity index (χ3v) is 5.56. The number of likely N-dealkylation sites (N-methyl/N-ethyl adjacent to an activating group) is 1. The smallest absolute Gasteiger partial charge is 0.246 e. The molecule has 118 valence electrons. The van der Waals surface area contributed by atoms with Gasteiger partial charge in [0.25, 0.3) is 0 Å². The van der Waals surface area contributed by atoms with E-state index < -0.39 is 32.4 Å². The summed E-state index contributed by atoms with van der Waals surface area (Å²) < 4.78 is 65.8. The lowest BCUT2D eigenvalue weighted by Crippen LogP contribution is -2.47. The minimum absolute atomic E-state index is 0.0156. The van der Waals surface area contributed by atoms with Gasteiger partial charge >= 0.3 is 0 Å². The van der Waals surface area contributed by atoms with Crippen molar-refractivity contribution in [3.63, 3.8) is 0 Å². The van der Waals surface area contributed by atoms with Crippen molar-refractivity contribution < 1.29 is 21.6 Å². The largest absolute Gasteiger partial charge is 0.305 e. The Labute approximate surface area is 122 Å². The topological polar surface area (TPSA) is 40.6 Å². The molecule has 0 amide bonds. The quantitative estimate of drug-likeness (QED) is 0.797. The zero-order valence-corrected chi connectivity index (χ0v) is 12.6. The van der Waals surface area contributed by atoms with Gasteiger partial charge in [0.05, 0.1) is 0 Å². The molecule has 8 heteroatoms. The number of sulfonamides is 1. The van der Waals surface area contributed by atoms with Crippen molar-refractivity contribution in [3.05, 3.63) is 29.6 Å². The first-order chi connectivity index (χ1) is 9.73. The molecule has 0 radical (unpaired) electrons. The molecule has 1 fully saturated rings. The Morgan fingerprint density at radius 3 is 2.38 bits per heavy atom. The fourth-order valence-electron chi connectivity index (χ4n) is 2.40. The molecule has 21 heavy (non-hydrogen) atoms. The fraction of sp³-hybridized carbons (Fsp3) is 0.538. The van der Waals surface area contributed by atoms with Crippen LogP contribution in [0.3, 0.4) is 0 Å². The minimum atomic E-state index is -4.17. The molecule has 1 saturated heterocycles. The summed E-state index contributed by atoms with van der Waals surface area (Å²) in [6.07, 6.45) is 1.46. The van der Waals surface area contributed by atoms with Crippen LogP contribution in [0.15, 0.2) is 17.0 Å². The molecule has 1 aromatic carbocycles. The van der Waals surface area contributed by atoms with Gasteiger partial charge in [-0.25, -0.2) is 21.6 Å². The number of rotatable bonds is 3. The molecule has 1 aromatic rings. The van der Waals surface area contributed by atoms with Crippen LogP contribution in [0.4, 0.5) is 13.2 Å². The number of hydrogen-bond donors (Lipinski definition) is 0. The molecule has 2 rings (SSSR count). The summed E-state index contributed by atoms with van der Waals surface area (Å²) in [4.78, 5) is 1.07. The Kier molecular flexibility index (Phi) is 4.60. The molecule has 1 unspecified atom stereocenters. The molecule has 0 N–H and O–H groups in total. The van der Waals surface area contributed by atoms with Crippen LogP contribution < -0.4 is 0 Å². The third kappa shape index (κ3) is 3.22. The second-order valence-corrected chi connectivity index (χ2v) is 7.23. The van der Waals surface area contributed by atoms with Crippen LogP contribution in [-0.4, -0.2) is 50.8 Å². The van der Waals surface area contributed by atoms with Crippen LogP contribution in [0.1, 0.15) is 12.8 Å². The maximum absolute atomic E-state index is 13.7. The predicted molar refractivity (Wildman–Crippen MR) is 71.8 cm³/mol. The van der Waals surface area contributed by atoms with Crippen molar-refractivity contribution >= 4 is 10.0 Å². The monoisotopic (exact) mass is 322 g/mol. The van der Waals surface area contributed by atoms with Gasteiger partial charge < -0.3 is 4.90 Å². The normalized spacial score (nSPS) is 21.0. The molecule has 1 aliphatic rings. The van der Waals surface area contributed by atoms with Gasteiger partial charge in [0.1, 0.15) is 10.7 Å². The summed E-state index contributed by atoms with van der Waals surface area (Å²) in [5.41, 5.74) is 0. The van der Waals surface area contributed by atoms with Crippen molar-refractivity contribution in [2.24, 2.45) is 0 Å². The highest BCUT2D eigenvalue weighted by atomic mass is 32.2. The molecule has 0 aromatic heterocycles. The molecule has 0 aliphatic carbocycles. The second-order valence-electron chi connectivity index (χ2n) is 5.32. The Bertz CT molecular complexity index is 635. The van der Waals surface area contributed by atoms with E-state index >= 15 is 0 Å². The predicted octanol–water partition coefficient (Wildman–Crippen LogP) is 1.82. The van der Waals surface area contributed by atoms with Crippen molar-refractivity contribution in [2.45, 2.75) is 23.8 Å². The van der Waals surface area contributed by atoms with E-state index in [2.05, 4.69) is 0 Å². The first-order valence-corrected chi connectivity index (χ1v) is 7.98. The van der Waals surface area contributed by atoms with Gasteiger partial charge in [-0.1, -0.05) is 0 Å². The lowest BCUT2D eigenvalue weighted by atomic mass is 10.1. The van der Waals surface area contributed by atoms with Gasteiger partial charge in [-0.2, -0.15) is 4.31 Å². The second kappa shape index (κ2) is 5.94. The lowest BCUT2D eigenvalue weighted by Gasteiger charge is -2.35. The maximum atomic E-state index is 13.7. The van der Waals surface area contributed by atoms with Crippen LogP contribution in [0.25, 0.3) is 0 Å². The van der Waals surface area contributed by atoms with E-state index in [0.29, 0.717) is 12.5 Å². The molecule has 0 bridgehead atoms. The summed E-state index contributed by atoms with van der Waals surface area (Å²) >= 11 is 0. The van der Waals surface area contributed by atoms with E-state index in [1.54, 1.807) is 0 Å². The van der Waals surface area contributed by atoms with Crippen LogP contribution in [0.5, 0.6) is 0 Å². The zero-order chi connectivity index (χ0) is 15.8. The average Bonchev–Trinajstić information content (AvgIpc) is 2.42. The number of nitrogens with zero attached hydrogens (tertiary/aromatic N) is 2. The minimum Gasteiger partial charge on any atom is -0.305 e. The standard InChI is InChI=1S/C13H17F3N2O2S/c1-17(2)9-4-3-5-18(8-9)21(19,20)13-7-11(15)10(14)6-12(13)16/h6-7,9H,3-5,8H2,1-2H3. The number of halogens is 3. The van der Waals surface area contributed by atoms with E-state index in [-0.39, 0.29) is 25.2 Å². The molecule has 0 saturated carbocycles. The first kappa shape index (κ1) is 16.3. The zero-order valence-electron chi connectivity index (χ0n) is 11.8. The summed E-state index contributed by atoms with van der Waals surface area (Å²) in [5.74, 6) is -4.06. The van der Waals surface area contributed by atoms with Gasteiger partial charge in [0, 0.05) is 25.2 Å². The molecule has 1 aliphatic heterocycles. The van der Waals surface area contributed by atoms with Crippen LogP contribution in [-0.2, 0) is 10.0 Å². The average molecular weight is 322 g/mol. The highest BCUT2D eigenvalue weighted by Gasteiger charge is 2.33. The molecule has 1 heterocycles. The third-order valence-electron chi connectivity index (χ3n) is 3.68. The van der Waals surface area contributed by atoms with E-state index in [9.17, 15) is 21.6 Å². The fourth-order valence-corrected chi connectivity index (χ4v) is 3.98. The van der Waals surface area contributed by atoms with E-state index in [1.807, 2.05) is 19.0 Å². The van der Waals surface area contributed by atoms with Gasteiger partial charge in [-0.15, -0.1) is 0 Å². The molecular formula is C13H17F3N2O2S. The van der Waals surface area contributed by atoms with E-state index in [4.69, 9.17) is 0 Å². The number of hydrogen-bond acceptors (Lipinski definition) is 3. The Hall–Kier alpha value is -1.12. The number of piperidine rings is 1. The highest BCUT2D eigenvalue weighted by Crippen LogP contribution is 2.25. The first-order valence-electron chi connectivity index (χ1n) is 6.54. The van der Waals surface area contributed by atoms with Crippen molar-refractivity contribution in [1.29, 1.82) is 0 Å². The lowest BCUT2D eigenvalue weighted by molar-refractivity contribution is 0.190. The van der Waals surface area contributed by atoms with Crippen LogP contribution >= 0.6 is 0 Å². The Morgan fingerprint density at radius 1 is 1.14 bits per heavy atom. The highest BCUT2D eigenvalue weighted by molar-refractivity contribution is 7.89. The van der Waals surface area contributed by atoms with Gasteiger partial charge in [0.15, 0.2) is 11.6 Å². The van der Waals surface area contributed by atoms with Crippen molar-refractivity contribution in [3.8, 4) is 0 Å². The van der Waals surface area contributed by atoms with Crippen LogP contribution in [0.2, 0.25) is 0 Å². The SMILES string of the molecule is CN(C)C1CCCN(S(=O)(=O)c2cc(F)c(F)cc2F)C1. The Balaban J connectivity index is 2.36. The van der Waals surface area contributed by atoms with E-state index in [1.165, 1.54) is 0 Å². The van der Waals surface area contributed by atoms with Crippen molar-refractivity contribution in [2.75, 3.05) is 27.2 Å². The molecule has 1 atom stereocenters. The van der Waals surface area contributed by atoms with Crippen molar-refractivity contribution in [1.82, 2.24) is 9.21 Å². The van der Waals surface area contributed by atoms with Gasteiger partial charge in [-0.05, 0) is 33.0 Å². The summed E-state index contributed by atoms with van der Waals surface area (Å²) in [6.45, 7) is 0.443. The Morgan fingerprint density at radius 2 is 1.76 bits per heavy atom. The summed E-state index contributed by atoms with van der Waals surface area (Å²) in [6, 6.07) is 0.677. The van der Waals surface area contributed by atoms with E-state index in [0.717, 1.165) is 10.7 Å². The molecular weight excluding hydrogens is 305 g/mol. The molecule has 0 spiro atoms. The number of benzene rings is 1. The maximum Gasteiger partial charge on any atom is 0.246 e. The van der Waals surface area contributed by atoms with Crippen LogP contribution in [0, 0.1) is 17.5 Å². The summed E-state index contributed by atoms with van der Waals surface area (Å²) in [5, 5.41) is 0. The summed E-state index contributed by atoms with van der Waals surface area (Å²) in [7, 11) is -0.509. The van der Waals surface area contributed by atoms with Gasteiger partial charge in [-0.3, -0.25) is 0 Å². The van der Waals surface area contributed by atoms with Gasteiger partial charge in [0.2, 0.25) is 10.0 Å². The molecule has 4 nitrogen and oxygen atoms in total.